The Morgan fingerprint density at radius 2 is 2.06 bits per heavy atom. The maximum atomic E-state index is 13.9. The summed E-state index contributed by atoms with van der Waals surface area (Å²) in [5, 5.41) is 9.28. The van der Waals surface area contributed by atoms with Crippen LogP contribution in [-0.2, 0) is 15.4 Å². The zero-order chi connectivity index (χ0) is 13.8. The molecule has 0 aromatic heterocycles. The zero-order valence-corrected chi connectivity index (χ0v) is 10.0. The lowest BCUT2D eigenvalue weighted by atomic mass is 10.0. The van der Waals surface area contributed by atoms with Crippen LogP contribution in [-0.4, -0.2) is 31.1 Å². The molecule has 1 aromatic carbocycles. The SMILES string of the molecule is CCOC(O)C(F)(F)c1ccccc1C(=O)OC. The Hall–Kier alpha value is -1.53. The van der Waals surface area contributed by atoms with Gasteiger partial charge in [-0.05, 0) is 13.0 Å². The van der Waals surface area contributed by atoms with Crippen LogP contribution >= 0.6 is 0 Å². The minimum absolute atomic E-state index is 0.0723. The fourth-order valence-corrected chi connectivity index (χ4v) is 1.46. The van der Waals surface area contributed by atoms with E-state index in [2.05, 4.69) is 9.47 Å². The van der Waals surface area contributed by atoms with Crippen molar-refractivity contribution >= 4 is 5.97 Å². The largest absolute Gasteiger partial charge is 0.465 e. The van der Waals surface area contributed by atoms with Crippen molar-refractivity contribution in [3.8, 4) is 0 Å². The highest BCUT2D eigenvalue weighted by molar-refractivity contribution is 5.91. The molecule has 0 fully saturated rings. The van der Waals surface area contributed by atoms with Crippen molar-refractivity contribution < 1.29 is 28.2 Å². The summed E-state index contributed by atoms with van der Waals surface area (Å²) in [5.41, 5.74) is -0.929. The van der Waals surface area contributed by atoms with Crippen LogP contribution in [0.1, 0.15) is 22.8 Å². The number of hydrogen-bond donors (Lipinski definition) is 1. The second-order valence-corrected chi connectivity index (χ2v) is 3.47. The molecule has 100 valence electrons. The van der Waals surface area contributed by atoms with E-state index in [4.69, 9.17) is 0 Å². The van der Waals surface area contributed by atoms with Crippen molar-refractivity contribution in [2.75, 3.05) is 13.7 Å². The van der Waals surface area contributed by atoms with Gasteiger partial charge >= 0.3 is 11.9 Å². The van der Waals surface area contributed by atoms with Gasteiger partial charge in [0.15, 0.2) is 0 Å². The third-order valence-electron chi connectivity index (χ3n) is 2.33. The number of aliphatic hydroxyl groups is 1. The molecule has 0 saturated heterocycles. The molecular formula is C12H14F2O4. The number of carbonyl (C=O) groups excluding carboxylic acids is 1. The summed E-state index contributed by atoms with van der Waals surface area (Å²) >= 11 is 0. The molecule has 1 rings (SSSR count). The van der Waals surface area contributed by atoms with Crippen molar-refractivity contribution in [3.63, 3.8) is 0 Å². The van der Waals surface area contributed by atoms with Gasteiger partial charge in [0, 0.05) is 12.2 Å². The molecule has 18 heavy (non-hydrogen) atoms. The highest BCUT2D eigenvalue weighted by Crippen LogP contribution is 2.34. The van der Waals surface area contributed by atoms with E-state index in [1.54, 1.807) is 0 Å². The Balaban J connectivity index is 3.19. The van der Waals surface area contributed by atoms with E-state index >= 15 is 0 Å². The molecule has 0 aliphatic rings. The zero-order valence-electron chi connectivity index (χ0n) is 10.0. The number of methoxy groups -OCH3 is 1. The number of halogens is 2. The number of aliphatic hydroxyl groups excluding tert-OH is 1. The normalized spacial score (nSPS) is 13.2. The van der Waals surface area contributed by atoms with Crippen molar-refractivity contribution in [2.24, 2.45) is 0 Å². The van der Waals surface area contributed by atoms with E-state index in [1.165, 1.54) is 25.1 Å². The third kappa shape index (κ3) is 2.83. The first-order valence-corrected chi connectivity index (χ1v) is 5.30. The van der Waals surface area contributed by atoms with Gasteiger partial charge in [-0.1, -0.05) is 18.2 Å². The van der Waals surface area contributed by atoms with E-state index in [0.29, 0.717) is 0 Å². The fourth-order valence-electron chi connectivity index (χ4n) is 1.46. The van der Waals surface area contributed by atoms with Gasteiger partial charge in [-0.3, -0.25) is 0 Å². The summed E-state index contributed by atoms with van der Waals surface area (Å²) in [6, 6.07) is 5.02. The first-order chi connectivity index (χ1) is 8.45. The van der Waals surface area contributed by atoms with Crippen LogP contribution < -0.4 is 0 Å². The Bertz CT molecular complexity index is 420. The molecule has 0 radical (unpaired) electrons. The molecule has 0 amide bonds. The van der Waals surface area contributed by atoms with E-state index in [9.17, 15) is 18.7 Å². The minimum atomic E-state index is -3.69. The average Bonchev–Trinajstić information content (AvgIpc) is 2.38. The van der Waals surface area contributed by atoms with Crippen LogP contribution in [0.25, 0.3) is 0 Å². The van der Waals surface area contributed by atoms with E-state index in [1.807, 2.05) is 0 Å². The summed E-state index contributed by atoms with van der Waals surface area (Å²) in [5.74, 6) is -4.59. The number of alkyl halides is 2. The summed E-state index contributed by atoms with van der Waals surface area (Å²) in [6.45, 7) is 1.41. The highest BCUT2D eigenvalue weighted by Gasteiger charge is 2.44. The van der Waals surface area contributed by atoms with Crippen molar-refractivity contribution in [3.05, 3.63) is 35.4 Å². The van der Waals surface area contributed by atoms with Gasteiger partial charge in [0.2, 0.25) is 6.29 Å². The molecule has 1 unspecified atom stereocenters. The minimum Gasteiger partial charge on any atom is -0.465 e. The molecule has 4 nitrogen and oxygen atoms in total. The Kier molecular flexibility index (Phi) is 4.75. The van der Waals surface area contributed by atoms with Crippen molar-refractivity contribution in [1.29, 1.82) is 0 Å². The number of esters is 1. The van der Waals surface area contributed by atoms with Crippen LogP contribution in [0.3, 0.4) is 0 Å². The van der Waals surface area contributed by atoms with E-state index in [-0.39, 0.29) is 12.2 Å². The molecule has 0 spiro atoms. The standard InChI is InChI=1S/C12H14F2O4/c1-3-18-11(16)12(13,14)9-7-5-4-6-8(9)10(15)17-2/h4-7,11,16H,3H2,1-2H3. The van der Waals surface area contributed by atoms with E-state index < -0.39 is 23.7 Å². The molecule has 1 aromatic rings. The number of rotatable bonds is 5. The lowest BCUT2D eigenvalue weighted by Gasteiger charge is -2.23. The van der Waals surface area contributed by atoms with Gasteiger partial charge in [-0.15, -0.1) is 0 Å². The van der Waals surface area contributed by atoms with Crippen LogP contribution in [0, 0.1) is 0 Å². The maximum Gasteiger partial charge on any atom is 0.338 e. The van der Waals surface area contributed by atoms with Gasteiger partial charge in [0.1, 0.15) is 0 Å². The quantitative estimate of drug-likeness (QED) is 0.649. The Morgan fingerprint density at radius 1 is 1.44 bits per heavy atom. The van der Waals surface area contributed by atoms with Gasteiger partial charge < -0.3 is 14.6 Å². The lowest BCUT2D eigenvalue weighted by molar-refractivity contribution is -0.238. The van der Waals surface area contributed by atoms with E-state index in [0.717, 1.165) is 13.2 Å². The lowest BCUT2D eigenvalue weighted by Crippen LogP contribution is -2.34. The molecule has 1 atom stereocenters. The summed E-state index contributed by atoms with van der Waals surface area (Å²) in [7, 11) is 1.09. The summed E-state index contributed by atoms with van der Waals surface area (Å²) < 4.78 is 36.7. The molecule has 0 bridgehead atoms. The third-order valence-corrected chi connectivity index (χ3v) is 2.33. The predicted molar refractivity (Wildman–Crippen MR) is 59.3 cm³/mol. The second kappa shape index (κ2) is 5.88. The van der Waals surface area contributed by atoms with Crippen LogP contribution in [0.15, 0.2) is 24.3 Å². The Labute approximate surface area is 103 Å². The number of carbonyl (C=O) groups is 1. The van der Waals surface area contributed by atoms with Gasteiger partial charge in [-0.25, -0.2) is 4.79 Å². The smallest absolute Gasteiger partial charge is 0.338 e. The molecule has 6 heteroatoms. The monoisotopic (exact) mass is 260 g/mol. The van der Waals surface area contributed by atoms with Gasteiger partial charge in [0.25, 0.3) is 0 Å². The molecule has 0 aliphatic heterocycles. The Morgan fingerprint density at radius 3 is 2.61 bits per heavy atom. The average molecular weight is 260 g/mol. The first-order valence-electron chi connectivity index (χ1n) is 5.30. The topological polar surface area (TPSA) is 55.8 Å². The first kappa shape index (κ1) is 14.5. The molecule has 0 saturated carbocycles. The fraction of sp³-hybridized carbons (Fsp3) is 0.417. The van der Waals surface area contributed by atoms with Gasteiger partial charge in [-0.2, -0.15) is 8.78 Å². The number of hydrogen-bond acceptors (Lipinski definition) is 4. The highest BCUT2D eigenvalue weighted by atomic mass is 19.3. The molecule has 0 aliphatic carbocycles. The van der Waals surface area contributed by atoms with Crippen molar-refractivity contribution in [2.45, 2.75) is 19.1 Å². The molecule has 0 heterocycles. The van der Waals surface area contributed by atoms with Crippen LogP contribution in [0.4, 0.5) is 8.78 Å². The maximum absolute atomic E-state index is 13.9. The number of benzene rings is 1. The molecular weight excluding hydrogens is 246 g/mol. The van der Waals surface area contributed by atoms with Crippen LogP contribution in [0.2, 0.25) is 0 Å². The second-order valence-electron chi connectivity index (χ2n) is 3.47. The van der Waals surface area contributed by atoms with Gasteiger partial charge in [0.05, 0.1) is 12.7 Å². The van der Waals surface area contributed by atoms with Crippen molar-refractivity contribution in [1.82, 2.24) is 0 Å². The predicted octanol–water partition coefficient (Wildman–Crippen LogP) is 1.92. The number of ether oxygens (including phenoxy) is 2. The van der Waals surface area contributed by atoms with Crippen LogP contribution in [0.5, 0.6) is 0 Å². The summed E-state index contributed by atoms with van der Waals surface area (Å²) in [6.07, 6.45) is -2.31. The summed E-state index contributed by atoms with van der Waals surface area (Å²) in [4.78, 5) is 11.4. The molecule has 1 N–H and O–H groups in total.